The molecule has 28 heavy (non-hydrogen) atoms. The number of hydrogen-bond acceptors (Lipinski definition) is 6. The average Bonchev–Trinajstić information content (AvgIpc) is 3.13. The molecule has 0 aliphatic carbocycles. The summed E-state index contributed by atoms with van der Waals surface area (Å²) in [5, 5.41) is 11.9. The van der Waals surface area contributed by atoms with Gasteiger partial charge in [-0.3, -0.25) is 4.79 Å². The maximum Gasteiger partial charge on any atom is 0.251 e. The molecule has 3 rings (SSSR count). The van der Waals surface area contributed by atoms with Gasteiger partial charge in [0.05, 0.1) is 17.4 Å². The molecule has 0 bridgehead atoms. The van der Waals surface area contributed by atoms with Crippen LogP contribution in [-0.2, 0) is 0 Å². The van der Waals surface area contributed by atoms with E-state index in [1.807, 2.05) is 39.0 Å². The largest absolute Gasteiger partial charge is 0.481 e. The Hall–Kier alpha value is -3.24. The number of ether oxygens (including phenoxy) is 1. The normalized spacial score (nSPS) is 11.5. The molecular weight excluding hydrogens is 372 g/mol. The first kappa shape index (κ1) is 19.5. The van der Waals surface area contributed by atoms with Crippen LogP contribution < -0.4 is 10.1 Å². The second-order valence-corrected chi connectivity index (χ2v) is 7.54. The number of amides is 1. The minimum Gasteiger partial charge on any atom is -0.481 e. The molecule has 1 amide bonds. The van der Waals surface area contributed by atoms with Crippen molar-refractivity contribution in [3.63, 3.8) is 0 Å². The molecule has 0 aliphatic heterocycles. The third-order valence-electron chi connectivity index (χ3n) is 3.97. The van der Waals surface area contributed by atoms with Gasteiger partial charge in [-0.05, 0) is 51.1 Å². The molecule has 0 spiro atoms. The Balaban J connectivity index is 1.87. The second-order valence-electron chi connectivity index (χ2n) is 6.31. The molecule has 1 N–H and O–H groups in total. The van der Waals surface area contributed by atoms with Gasteiger partial charge in [-0.2, -0.15) is 10.2 Å². The summed E-state index contributed by atoms with van der Waals surface area (Å²) in [5.74, 6) is 2.72. The Morgan fingerprint density at radius 2 is 2.11 bits per heavy atom. The molecule has 0 saturated heterocycles. The minimum atomic E-state index is -0.290. The summed E-state index contributed by atoms with van der Waals surface area (Å²) in [6, 6.07) is 8.72. The number of hydrogen-bond donors (Lipinski definition) is 1. The van der Waals surface area contributed by atoms with Crippen LogP contribution in [0.5, 0.6) is 5.75 Å². The molecule has 1 atom stereocenters. The van der Waals surface area contributed by atoms with Crippen LogP contribution in [-0.4, -0.2) is 27.7 Å². The van der Waals surface area contributed by atoms with E-state index >= 15 is 0 Å². The Kier molecular flexibility index (Phi) is 6.02. The van der Waals surface area contributed by atoms with Crippen LogP contribution in [0, 0.1) is 26.2 Å². The molecule has 0 fully saturated rings. The van der Waals surface area contributed by atoms with E-state index in [1.54, 1.807) is 29.7 Å². The average molecular weight is 392 g/mol. The fraction of sp³-hybridized carbons (Fsp3) is 0.238. The summed E-state index contributed by atoms with van der Waals surface area (Å²) in [6.45, 7) is 5.83. The molecular formula is C21H20N4O2S. The Morgan fingerprint density at radius 3 is 2.75 bits per heavy atom. The third kappa shape index (κ3) is 4.72. The van der Waals surface area contributed by atoms with Crippen molar-refractivity contribution in [2.45, 2.75) is 26.8 Å². The Morgan fingerprint density at radius 1 is 1.29 bits per heavy atom. The Bertz CT molecular complexity index is 1020. The van der Waals surface area contributed by atoms with Crippen LogP contribution in [0.25, 0.3) is 10.6 Å². The van der Waals surface area contributed by atoms with Gasteiger partial charge in [0.25, 0.3) is 5.91 Å². The Labute approximate surface area is 168 Å². The molecule has 1 aromatic carbocycles. The highest BCUT2D eigenvalue weighted by Crippen LogP contribution is 2.29. The number of benzene rings is 1. The van der Waals surface area contributed by atoms with E-state index in [0.29, 0.717) is 17.0 Å². The number of nitrogens with zero attached hydrogens (tertiary/aromatic N) is 3. The van der Waals surface area contributed by atoms with Gasteiger partial charge in [-0.1, -0.05) is 5.92 Å². The molecule has 1 unspecified atom stereocenters. The lowest BCUT2D eigenvalue weighted by Crippen LogP contribution is -2.27. The summed E-state index contributed by atoms with van der Waals surface area (Å²) in [4.78, 5) is 18.3. The monoisotopic (exact) mass is 392 g/mol. The lowest BCUT2D eigenvalue weighted by Gasteiger charge is -2.14. The van der Waals surface area contributed by atoms with Crippen molar-refractivity contribution in [3.05, 3.63) is 58.4 Å². The van der Waals surface area contributed by atoms with E-state index in [-0.39, 0.29) is 18.6 Å². The van der Waals surface area contributed by atoms with Crippen LogP contribution >= 0.6 is 11.3 Å². The predicted molar refractivity (Wildman–Crippen MR) is 109 cm³/mol. The number of rotatable bonds is 6. The van der Waals surface area contributed by atoms with Crippen molar-refractivity contribution in [3.8, 4) is 28.7 Å². The molecule has 7 heteroatoms. The van der Waals surface area contributed by atoms with Gasteiger partial charge in [0, 0.05) is 22.2 Å². The fourth-order valence-corrected chi connectivity index (χ4v) is 3.30. The number of nitrogens with one attached hydrogen (secondary N) is 1. The summed E-state index contributed by atoms with van der Waals surface area (Å²) >= 11 is 1.55. The van der Waals surface area contributed by atoms with E-state index < -0.39 is 0 Å². The van der Waals surface area contributed by atoms with Crippen molar-refractivity contribution >= 4 is 17.2 Å². The maximum atomic E-state index is 12.8. The standard InChI is InChI=1S/C21H20N4O2S/c1-5-8-27-18-10-16(9-17(11-18)21-22-12-14(3)28-21)20(26)23-15(4)19-7-6-13(2)24-25-19/h1,6-7,9-12,15H,8H2,2-4H3,(H,23,26). The van der Waals surface area contributed by atoms with Crippen molar-refractivity contribution in [1.82, 2.24) is 20.5 Å². The highest BCUT2D eigenvalue weighted by atomic mass is 32.1. The van der Waals surface area contributed by atoms with Gasteiger partial charge in [-0.15, -0.1) is 17.8 Å². The maximum absolute atomic E-state index is 12.8. The molecule has 0 aliphatic rings. The number of terminal acetylenes is 1. The van der Waals surface area contributed by atoms with E-state index in [4.69, 9.17) is 11.2 Å². The number of aryl methyl sites for hydroxylation is 2. The summed E-state index contributed by atoms with van der Waals surface area (Å²) in [7, 11) is 0. The zero-order valence-corrected chi connectivity index (χ0v) is 16.7. The van der Waals surface area contributed by atoms with Crippen molar-refractivity contribution in [1.29, 1.82) is 0 Å². The molecule has 2 heterocycles. The number of thiazole rings is 1. The summed E-state index contributed by atoms with van der Waals surface area (Å²) < 4.78 is 5.56. The second kappa shape index (κ2) is 8.63. The van der Waals surface area contributed by atoms with Crippen LogP contribution in [0.4, 0.5) is 0 Å². The van der Waals surface area contributed by atoms with Crippen LogP contribution in [0.15, 0.2) is 36.5 Å². The van der Waals surface area contributed by atoms with Crippen molar-refractivity contribution in [2.24, 2.45) is 0 Å². The van der Waals surface area contributed by atoms with Crippen LogP contribution in [0.3, 0.4) is 0 Å². The zero-order valence-electron chi connectivity index (χ0n) is 15.9. The van der Waals surface area contributed by atoms with Crippen LogP contribution in [0.1, 0.15) is 39.6 Å². The van der Waals surface area contributed by atoms with Gasteiger partial charge in [0.2, 0.25) is 0 Å². The van der Waals surface area contributed by atoms with E-state index in [9.17, 15) is 4.79 Å². The highest BCUT2D eigenvalue weighted by Gasteiger charge is 2.16. The first-order valence-electron chi connectivity index (χ1n) is 8.71. The minimum absolute atomic E-state index is 0.122. The topological polar surface area (TPSA) is 77.0 Å². The first-order chi connectivity index (χ1) is 13.5. The molecule has 142 valence electrons. The van der Waals surface area contributed by atoms with Crippen LogP contribution in [0.2, 0.25) is 0 Å². The van der Waals surface area contributed by atoms with E-state index in [2.05, 4.69) is 26.4 Å². The lowest BCUT2D eigenvalue weighted by molar-refractivity contribution is 0.0938. The van der Waals surface area contributed by atoms with E-state index in [1.165, 1.54) is 0 Å². The first-order valence-corrected chi connectivity index (χ1v) is 9.53. The molecule has 0 radical (unpaired) electrons. The van der Waals surface area contributed by atoms with Gasteiger partial charge >= 0.3 is 0 Å². The highest BCUT2D eigenvalue weighted by molar-refractivity contribution is 7.14. The van der Waals surface area contributed by atoms with Crippen molar-refractivity contribution in [2.75, 3.05) is 6.61 Å². The predicted octanol–water partition coefficient (Wildman–Crippen LogP) is 3.72. The van der Waals surface area contributed by atoms with Gasteiger partial charge in [0.1, 0.15) is 17.4 Å². The number of carbonyl (C=O) groups excluding carboxylic acids is 1. The SMILES string of the molecule is C#CCOc1cc(C(=O)NC(C)c2ccc(C)nn2)cc(-c2ncc(C)s2)c1. The zero-order chi connectivity index (χ0) is 20.1. The van der Waals surface area contributed by atoms with Gasteiger partial charge in [0.15, 0.2) is 0 Å². The number of carbonyl (C=O) groups is 1. The molecule has 3 aromatic rings. The summed E-state index contributed by atoms with van der Waals surface area (Å²) in [6.07, 6.45) is 7.09. The van der Waals surface area contributed by atoms with Crippen molar-refractivity contribution < 1.29 is 9.53 Å². The summed E-state index contributed by atoms with van der Waals surface area (Å²) in [5.41, 5.74) is 2.78. The third-order valence-corrected chi connectivity index (χ3v) is 4.93. The molecule has 6 nitrogen and oxygen atoms in total. The molecule has 0 saturated carbocycles. The lowest BCUT2D eigenvalue weighted by atomic mass is 10.1. The van der Waals surface area contributed by atoms with Gasteiger partial charge < -0.3 is 10.1 Å². The smallest absolute Gasteiger partial charge is 0.251 e. The quantitative estimate of drug-likeness (QED) is 0.647. The fourth-order valence-electron chi connectivity index (χ4n) is 2.54. The van der Waals surface area contributed by atoms with Gasteiger partial charge in [-0.25, -0.2) is 4.98 Å². The van der Waals surface area contributed by atoms with E-state index in [0.717, 1.165) is 21.1 Å². The number of aromatic nitrogens is 3. The molecule has 2 aromatic heterocycles.